The Balaban J connectivity index is 1.84. The number of nitrogens with two attached hydrogens (primary N) is 1. The predicted molar refractivity (Wildman–Crippen MR) is 56.6 cm³/mol. The molecule has 15 heavy (non-hydrogen) atoms. The van der Waals surface area contributed by atoms with Crippen LogP contribution in [0.5, 0.6) is 5.75 Å². The van der Waals surface area contributed by atoms with Crippen LogP contribution in [-0.2, 0) is 17.8 Å². The van der Waals surface area contributed by atoms with Gasteiger partial charge in [0.2, 0.25) is 0 Å². The quantitative estimate of drug-likeness (QED) is 0.797. The first-order valence-electron chi connectivity index (χ1n) is 5.36. The Bertz CT molecular complexity index is 385. The maximum atomic E-state index is 6.09. The molecule has 3 heteroatoms. The third-order valence-corrected chi connectivity index (χ3v) is 3.13. The van der Waals surface area contributed by atoms with Crippen LogP contribution in [0.15, 0.2) is 18.2 Å². The van der Waals surface area contributed by atoms with Crippen LogP contribution in [0.4, 0.5) is 0 Å². The molecule has 0 amide bonds. The van der Waals surface area contributed by atoms with Gasteiger partial charge < -0.3 is 15.2 Å². The molecular formula is C12H15NO2. The zero-order chi connectivity index (χ0) is 10.3. The fraction of sp³-hybridized carbons (Fsp3) is 0.500. The van der Waals surface area contributed by atoms with Crippen molar-refractivity contribution in [2.24, 2.45) is 5.73 Å². The molecule has 0 spiro atoms. The number of hydrogen-bond acceptors (Lipinski definition) is 3. The van der Waals surface area contributed by atoms with Gasteiger partial charge in [-0.3, -0.25) is 0 Å². The summed E-state index contributed by atoms with van der Waals surface area (Å²) in [6, 6.07) is 6.29. The Kier molecular flexibility index (Phi) is 1.97. The van der Waals surface area contributed by atoms with E-state index in [4.69, 9.17) is 15.2 Å². The summed E-state index contributed by atoms with van der Waals surface area (Å²) < 4.78 is 10.6. The zero-order valence-electron chi connectivity index (χ0n) is 8.66. The van der Waals surface area contributed by atoms with Crippen LogP contribution in [0.1, 0.15) is 24.0 Å². The SMILES string of the molecule is NC1(Cc2ccc3c(c2)COCO3)CC1. The van der Waals surface area contributed by atoms with Crippen molar-refractivity contribution < 1.29 is 9.47 Å². The van der Waals surface area contributed by atoms with Crippen molar-refractivity contribution in [3.63, 3.8) is 0 Å². The first-order valence-corrected chi connectivity index (χ1v) is 5.36. The van der Waals surface area contributed by atoms with Crippen LogP contribution in [0.25, 0.3) is 0 Å². The number of rotatable bonds is 2. The van der Waals surface area contributed by atoms with Gasteiger partial charge >= 0.3 is 0 Å². The summed E-state index contributed by atoms with van der Waals surface area (Å²) in [6.07, 6.45) is 3.27. The van der Waals surface area contributed by atoms with Crippen molar-refractivity contribution in [2.45, 2.75) is 31.4 Å². The molecular weight excluding hydrogens is 190 g/mol. The van der Waals surface area contributed by atoms with E-state index in [9.17, 15) is 0 Å². The normalized spacial score (nSPS) is 21.7. The Morgan fingerprint density at radius 2 is 2.20 bits per heavy atom. The van der Waals surface area contributed by atoms with Gasteiger partial charge in [-0.15, -0.1) is 0 Å². The van der Waals surface area contributed by atoms with Gasteiger partial charge in [0.25, 0.3) is 0 Å². The summed E-state index contributed by atoms with van der Waals surface area (Å²) in [5, 5.41) is 0. The average molecular weight is 205 g/mol. The number of fused-ring (bicyclic) bond motifs is 1. The van der Waals surface area contributed by atoms with Crippen LogP contribution in [0, 0.1) is 0 Å². The standard InChI is InChI=1S/C12H15NO2/c13-12(3-4-12)6-9-1-2-11-10(5-9)7-14-8-15-11/h1-2,5H,3-4,6-8,13H2. The molecule has 2 aliphatic rings. The van der Waals surface area contributed by atoms with Crippen molar-refractivity contribution in [3.05, 3.63) is 29.3 Å². The lowest BCUT2D eigenvalue weighted by Crippen LogP contribution is -2.24. The van der Waals surface area contributed by atoms with Gasteiger partial charge in [-0.05, 0) is 37.0 Å². The lowest BCUT2D eigenvalue weighted by Gasteiger charge is -2.19. The highest BCUT2D eigenvalue weighted by Crippen LogP contribution is 2.36. The summed E-state index contributed by atoms with van der Waals surface area (Å²) in [5.74, 6) is 0.951. The van der Waals surface area contributed by atoms with Crippen LogP contribution in [0.3, 0.4) is 0 Å². The van der Waals surface area contributed by atoms with Crippen LogP contribution in [-0.4, -0.2) is 12.3 Å². The van der Waals surface area contributed by atoms with Gasteiger partial charge in [0, 0.05) is 11.1 Å². The molecule has 0 unspecified atom stereocenters. The maximum Gasteiger partial charge on any atom is 0.189 e. The van der Waals surface area contributed by atoms with Gasteiger partial charge in [0.1, 0.15) is 5.75 Å². The first-order chi connectivity index (χ1) is 7.25. The van der Waals surface area contributed by atoms with Gasteiger partial charge in [0.05, 0.1) is 6.61 Å². The monoisotopic (exact) mass is 205 g/mol. The molecule has 1 aliphatic heterocycles. The second-order valence-corrected chi connectivity index (χ2v) is 4.59. The molecule has 1 aromatic carbocycles. The molecule has 0 aromatic heterocycles. The van der Waals surface area contributed by atoms with Crippen molar-refractivity contribution >= 4 is 0 Å². The highest BCUT2D eigenvalue weighted by molar-refractivity contribution is 5.38. The van der Waals surface area contributed by atoms with Crippen LogP contribution in [0.2, 0.25) is 0 Å². The van der Waals surface area contributed by atoms with Crippen LogP contribution < -0.4 is 10.5 Å². The summed E-state index contributed by atoms with van der Waals surface area (Å²) in [6.45, 7) is 1.02. The van der Waals surface area contributed by atoms with Crippen LogP contribution >= 0.6 is 0 Å². The van der Waals surface area contributed by atoms with E-state index in [1.54, 1.807) is 0 Å². The van der Waals surface area contributed by atoms with Crippen molar-refractivity contribution in [2.75, 3.05) is 6.79 Å². The summed E-state index contributed by atoms with van der Waals surface area (Å²) >= 11 is 0. The lowest BCUT2D eigenvalue weighted by atomic mass is 10.0. The molecule has 0 atom stereocenters. The predicted octanol–water partition coefficient (Wildman–Crippen LogP) is 1.59. The van der Waals surface area contributed by atoms with Crippen molar-refractivity contribution in [1.29, 1.82) is 0 Å². The Morgan fingerprint density at radius 1 is 1.33 bits per heavy atom. The second kappa shape index (κ2) is 3.22. The molecule has 1 heterocycles. The van der Waals surface area contributed by atoms with E-state index in [0.717, 1.165) is 30.6 Å². The molecule has 1 saturated carbocycles. The highest BCUT2D eigenvalue weighted by atomic mass is 16.7. The van der Waals surface area contributed by atoms with E-state index < -0.39 is 0 Å². The van der Waals surface area contributed by atoms with Gasteiger partial charge in [-0.25, -0.2) is 0 Å². The van der Waals surface area contributed by atoms with Gasteiger partial charge in [-0.1, -0.05) is 6.07 Å². The fourth-order valence-electron chi connectivity index (χ4n) is 2.00. The molecule has 3 rings (SSSR count). The van der Waals surface area contributed by atoms with E-state index in [2.05, 4.69) is 12.1 Å². The molecule has 2 N–H and O–H groups in total. The Hall–Kier alpha value is -1.06. The highest BCUT2D eigenvalue weighted by Gasteiger charge is 2.38. The van der Waals surface area contributed by atoms with E-state index in [-0.39, 0.29) is 5.54 Å². The minimum absolute atomic E-state index is 0.0740. The molecule has 0 bridgehead atoms. The smallest absolute Gasteiger partial charge is 0.189 e. The largest absolute Gasteiger partial charge is 0.467 e. The fourth-order valence-corrected chi connectivity index (χ4v) is 2.00. The third-order valence-electron chi connectivity index (χ3n) is 3.13. The maximum absolute atomic E-state index is 6.09. The minimum Gasteiger partial charge on any atom is -0.467 e. The van der Waals surface area contributed by atoms with Crippen molar-refractivity contribution in [3.8, 4) is 5.75 Å². The van der Waals surface area contributed by atoms with E-state index in [0.29, 0.717) is 13.4 Å². The molecule has 80 valence electrons. The second-order valence-electron chi connectivity index (χ2n) is 4.59. The van der Waals surface area contributed by atoms with Gasteiger partial charge in [-0.2, -0.15) is 0 Å². The van der Waals surface area contributed by atoms with Gasteiger partial charge in [0.15, 0.2) is 6.79 Å². The van der Waals surface area contributed by atoms with E-state index in [1.165, 1.54) is 5.56 Å². The number of hydrogen-bond donors (Lipinski definition) is 1. The summed E-state index contributed by atoms with van der Waals surface area (Å²) in [7, 11) is 0. The molecule has 0 saturated heterocycles. The molecule has 1 aliphatic carbocycles. The summed E-state index contributed by atoms with van der Waals surface area (Å²) in [4.78, 5) is 0. The Labute approximate surface area is 89.2 Å². The third kappa shape index (κ3) is 1.85. The van der Waals surface area contributed by atoms with Crippen molar-refractivity contribution in [1.82, 2.24) is 0 Å². The minimum atomic E-state index is 0.0740. The van der Waals surface area contributed by atoms with E-state index in [1.807, 2.05) is 6.07 Å². The summed E-state index contributed by atoms with van der Waals surface area (Å²) in [5.41, 5.74) is 8.60. The van der Waals surface area contributed by atoms with E-state index >= 15 is 0 Å². The molecule has 1 aromatic rings. The zero-order valence-corrected chi connectivity index (χ0v) is 8.66. The molecule has 0 radical (unpaired) electrons. The topological polar surface area (TPSA) is 44.5 Å². The Morgan fingerprint density at radius 3 is 3.00 bits per heavy atom. The number of ether oxygens (including phenoxy) is 2. The first kappa shape index (κ1) is 9.19. The lowest BCUT2D eigenvalue weighted by molar-refractivity contribution is -0.0164. The molecule has 1 fully saturated rings. The molecule has 3 nitrogen and oxygen atoms in total. The average Bonchev–Trinajstić information content (AvgIpc) is 2.96. The number of benzene rings is 1.